The number of amides is 1. The molecule has 0 spiro atoms. The van der Waals surface area contributed by atoms with Gasteiger partial charge in [-0.3, -0.25) is 4.79 Å². The molecule has 0 saturated carbocycles. The Morgan fingerprint density at radius 2 is 2.07 bits per heavy atom. The van der Waals surface area contributed by atoms with Crippen LogP contribution in [-0.2, 0) is 4.74 Å². The summed E-state index contributed by atoms with van der Waals surface area (Å²) >= 11 is 0. The smallest absolute Gasteiger partial charge is 0.257 e. The van der Waals surface area contributed by atoms with Gasteiger partial charge in [-0.15, -0.1) is 0 Å². The van der Waals surface area contributed by atoms with Crippen LogP contribution < -0.4 is 14.8 Å². The average Bonchev–Trinajstić information content (AvgIpc) is 3.24. The minimum atomic E-state index is -0.295. The van der Waals surface area contributed by atoms with Crippen LogP contribution in [0.2, 0.25) is 0 Å². The molecule has 0 bridgehead atoms. The molecule has 4 rings (SSSR count). The van der Waals surface area contributed by atoms with Crippen LogP contribution in [-0.4, -0.2) is 43.8 Å². The number of carbonyl (C=O) groups is 1. The van der Waals surface area contributed by atoms with Crippen molar-refractivity contribution in [3.63, 3.8) is 0 Å². The maximum Gasteiger partial charge on any atom is 0.257 e. The molecule has 2 aliphatic rings. The van der Waals surface area contributed by atoms with E-state index >= 15 is 0 Å². The maximum absolute atomic E-state index is 13.3. The molecular formula is C22H26N2O4. The predicted octanol–water partition coefficient (Wildman–Crippen LogP) is 3.84. The van der Waals surface area contributed by atoms with Crippen LogP contribution in [0.1, 0.15) is 41.9 Å². The average molecular weight is 382 g/mol. The number of hydrogen-bond donors (Lipinski definition) is 1. The Kier molecular flexibility index (Phi) is 5.39. The molecule has 148 valence electrons. The fourth-order valence-electron chi connectivity index (χ4n) is 3.88. The summed E-state index contributed by atoms with van der Waals surface area (Å²) in [5.41, 5.74) is 2.48. The highest BCUT2D eigenvalue weighted by molar-refractivity contribution is 6.01. The van der Waals surface area contributed by atoms with Crippen LogP contribution in [0.25, 0.3) is 0 Å². The molecule has 2 aromatic carbocycles. The Morgan fingerprint density at radius 3 is 2.82 bits per heavy atom. The molecule has 1 saturated heterocycles. The molecule has 2 atom stereocenters. The van der Waals surface area contributed by atoms with E-state index in [0.717, 1.165) is 30.7 Å². The van der Waals surface area contributed by atoms with E-state index in [2.05, 4.69) is 5.32 Å². The largest absolute Gasteiger partial charge is 0.493 e. The zero-order chi connectivity index (χ0) is 19.5. The van der Waals surface area contributed by atoms with E-state index in [1.807, 2.05) is 54.3 Å². The Hall–Kier alpha value is -2.73. The zero-order valence-electron chi connectivity index (χ0n) is 16.3. The number of ether oxygens (including phenoxy) is 3. The summed E-state index contributed by atoms with van der Waals surface area (Å²) in [6.07, 6.45) is 1.79. The molecule has 0 aliphatic carbocycles. The lowest BCUT2D eigenvalue weighted by Gasteiger charge is -2.39. The van der Waals surface area contributed by atoms with Crippen LogP contribution in [0, 0.1) is 0 Å². The molecule has 1 N–H and O–H groups in total. The van der Waals surface area contributed by atoms with Crippen LogP contribution in [0.4, 0.5) is 5.69 Å². The maximum atomic E-state index is 13.3. The van der Waals surface area contributed by atoms with Crippen LogP contribution >= 0.6 is 0 Å². The van der Waals surface area contributed by atoms with E-state index in [1.54, 1.807) is 7.11 Å². The summed E-state index contributed by atoms with van der Waals surface area (Å²) < 4.78 is 17.0. The van der Waals surface area contributed by atoms with Gasteiger partial charge < -0.3 is 24.4 Å². The van der Waals surface area contributed by atoms with Gasteiger partial charge in [-0.25, -0.2) is 0 Å². The Morgan fingerprint density at radius 1 is 1.21 bits per heavy atom. The molecule has 1 amide bonds. The SMILES string of the molecule is CCOc1ccc(C2Nc3ccccc3C(=O)N2CC2CCCO2)cc1OC. The summed E-state index contributed by atoms with van der Waals surface area (Å²) in [5.74, 6) is 1.37. The first-order valence-electron chi connectivity index (χ1n) is 9.80. The number of rotatable bonds is 6. The zero-order valence-corrected chi connectivity index (χ0v) is 16.3. The van der Waals surface area contributed by atoms with E-state index in [0.29, 0.717) is 30.2 Å². The molecule has 2 aromatic rings. The topological polar surface area (TPSA) is 60.0 Å². The van der Waals surface area contributed by atoms with Crippen molar-refractivity contribution in [1.82, 2.24) is 4.90 Å². The van der Waals surface area contributed by atoms with Crippen LogP contribution in [0.15, 0.2) is 42.5 Å². The number of para-hydroxylation sites is 1. The van der Waals surface area contributed by atoms with Crippen molar-refractivity contribution in [2.75, 3.05) is 32.2 Å². The van der Waals surface area contributed by atoms with E-state index < -0.39 is 0 Å². The van der Waals surface area contributed by atoms with Crippen LogP contribution in [0.5, 0.6) is 11.5 Å². The van der Waals surface area contributed by atoms with Gasteiger partial charge in [-0.05, 0) is 49.6 Å². The van der Waals surface area contributed by atoms with Crippen molar-refractivity contribution in [3.05, 3.63) is 53.6 Å². The second-order valence-electron chi connectivity index (χ2n) is 7.03. The number of fused-ring (bicyclic) bond motifs is 1. The Balaban J connectivity index is 1.70. The Bertz CT molecular complexity index is 848. The number of benzene rings is 2. The monoisotopic (exact) mass is 382 g/mol. The van der Waals surface area contributed by atoms with Gasteiger partial charge in [0.2, 0.25) is 0 Å². The fourth-order valence-corrected chi connectivity index (χ4v) is 3.88. The first-order valence-corrected chi connectivity index (χ1v) is 9.80. The highest BCUT2D eigenvalue weighted by Gasteiger charge is 2.35. The standard InChI is InChI=1S/C22H26N2O4/c1-3-27-19-11-10-15(13-20(19)26-2)21-23-18-9-5-4-8-17(18)22(25)24(21)14-16-7-6-12-28-16/h4-5,8-11,13,16,21,23H,3,6-7,12,14H2,1-2H3. The second-order valence-corrected chi connectivity index (χ2v) is 7.03. The minimum Gasteiger partial charge on any atom is -0.493 e. The molecule has 6 nitrogen and oxygen atoms in total. The quantitative estimate of drug-likeness (QED) is 0.823. The molecule has 2 heterocycles. The van der Waals surface area contributed by atoms with E-state index in [1.165, 1.54) is 0 Å². The lowest BCUT2D eigenvalue weighted by Crippen LogP contribution is -2.46. The summed E-state index contributed by atoms with van der Waals surface area (Å²) in [7, 11) is 1.63. The number of hydrogen-bond acceptors (Lipinski definition) is 5. The van der Waals surface area contributed by atoms with Gasteiger partial charge >= 0.3 is 0 Å². The third-order valence-corrected chi connectivity index (χ3v) is 5.25. The summed E-state index contributed by atoms with van der Waals surface area (Å²) in [4.78, 5) is 15.2. The number of carbonyl (C=O) groups excluding carboxylic acids is 1. The van der Waals surface area contributed by atoms with Gasteiger partial charge in [0, 0.05) is 18.8 Å². The van der Waals surface area contributed by atoms with Gasteiger partial charge in [-0.2, -0.15) is 0 Å². The van der Waals surface area contributed by atoms with Gasteiger partial charge in [0.05, 0.1) is 25.4 Å². The lowest BCUT2D eigenvalue weighted by atomic mass is 10.0. The molecule has 2 aliphatic heterocycles. The second kappa shape index (κ2) is 8.10. The normalized spacial score (nSPS) is 21.2. The highest BCUT2D eigenvalue weighted by Crippen LogP contribution is 2.37. The number of nitrogens with one attached hydrogen (secondary N) is 1. The van der Waals surface area contributed by atoms with E-state index in [9.17, 15) is 4.79 Å². The van der Waals surface area contributed by atoms with Crippen molar-refractivity contribution >= 4 is 11.6 Å². The van der Waals surface area contributed by atoms with Crippen molar-refractivity contribution < 1.29 is 19.0 Å². The van der Waals surface area contributed by atoms with Crippen molar-refractivity contribution in [1.29, 1.82) is 0 Å². The molecule has 2 unspecified atom stereocenters. The number of anilines is 1. The first-order chi connectivity index (χ1) is 13.7. The molecule has 0 radical (unpaired) electrons. The summed E-state index contributed by atoms with van der Waals surface area (Å²) in [5, 5.41) is 3.52. The number of methoxy groups -OCH3 is 1. The third-order valence-electron chi connectivity index (χ3n) is 5.25. The third kappa shape index (κ3) is 3.52. The van der Waals surface area contributed by atoms with Gasteiger partial charge in [0.25, 0.3) is 5.91 Å². The molecule has 0 aromatic heterocycles. The molecule has 28 heavy (non-hydrogen) atoms. The lowest BCUT2D eigenvalue weighted by molar-refractivity contribution is 0.0426. The summed E-state index contributed by atoms with van der Waals surface area (Å²) in [6, 6.07) is 13.4. The summed E-state index contributed by atoms with van der Waals surface area (Å²) in [6.45, 7) is 3.82. The first kappa shape index (κ1) is 18.6. The highest BCUT2D eigenvalue weighted by atomic mass is 16.5. The molecular weight excluding hydrogens is 356 g/mol. The Labute approximate surface area is 165 Å². The van der Waals surface area contributed by atoms with Crippen LogP contribution in [0.3, 0.4) is 0 Å². The van der Waals surface area contributed by atoms with Crippen molar-refractivity contribution in [2.45, 2.75) is 32.0 Å². The molecule has 1 fully saturated rings. The predicted molar refractivity (Wildman–Crippen MR) is 107 cm³/mol. The van der Waals surface area contributed by atoms with Gasteiger partial charge in [-0.1, -0.05) is 18.2 Å². The molecule has 6 heteroatoms. The van der Waals surface area contributed by atoms with Gasteiger partial charge in [0.15, 0.2) is 11.5 Å². The van der Waals surface area contributed by atoms with Crippen molar-refractivity contribution in [2.24, 2.45) is 0 Å². The van der Waals surface area contributed by atoms with Gasteiger partial charge in [0.1, 0.15) is 6.17 Å². The van der Waals surface area contributed by atoms with E-state index in [-0.39, 0.29) is 18.2 Å². The van der Waals surface area contributed by atoms with Crippen molar-refractivity contribution in [3.8, 4) is 11.5 Å². The fraction of sp³-hybridized carbons (Fsp3) is 0.409. The minimum absolute atomic E-state index is 0.0164. The van der Waals surface area contributed by atoms with E-state index in [4.69, 9.17) is 14.2 Å². The number of nitrogens with zero attached hydrogens (tertiary/aromatic N) is 1.